The zero-order valence-electron chi connectivity index (χ0n) is 35.1. The minimum absolute atomic E-state index is 0.112. The van der Waals surface area contributed by atoms with Crippen molar-refractivity contribution in [1.29, 1.82) is 0 Å². The molecule has 2 heterocycles. The number of nitrogens with zero attached hydrogens (tertiary/aromatic N) is 4. The van der Waals surface area contributed by atoms with E-state index < -0.39 is 20.9 Å². The average molecular weight is 886 g/mol. The molecule has 0 bridgehead atoms. The molecule has 2 saturated heterocycles. The molecular weight excluding hydrogens is 828 g/mol. The van der Waals surface area contributed by atoms with Gasteiger partial charge in [0.05, 0.1) is 9.82 Å². The number of halogens is 1. The van der Waals surface area contributed by atoms with Crippen molar-refractivity contribution in [3.8, 4) is 0 Å². The summed E-state index contributed by atoms with van der Waals surface area (Å²) in [4.78, 5) is 33.1. The molecule has 14 heteroatoms. The molecule has 2 aliphatic heterocycles. The summed E-state index contributed by atoms with van der Waals surface area (Å²) >= 11 is 7.83. The Hall–Kier alpha value is -4.40. The van der Waals surface area contributed by atoms with Crippen LogP contribution in [0.15, 0.2) is 112 Å². The van der Waals surface area contributed by atoms with E-state index in [1.165, 1.54) is 54.5 Å². The summed E-state index contributed by atoms with van der Waals surface area (Å²) < 4.78 is 29.1. The molecule has 0 aromatic heterocycles. The fraction of sp³-hybridized carbons (Fsp3) is 0.426. The van der Waals surface area contributed by atoms with Crippen molar-refractivity contribution in [3.05, 3.63) is 129 Å². The van der Waals surface area contributed by atoms with Gasteiger partial charge in [0.1, 0.15) is 5.69 Å². The zero-order valence-corrected chi connectivity index (χ0v) is 37.5. The first kappa shape index (κ1) is 44.6. The van der Waals surface area contributed by atoms with Gasteiger partial charge in [0, 0.05) is 83.8 Å². The number of allylic oxidation sites excluding steroid dienone is 1. The highest BCUT2D eigenvalue weighted by atomic mass is 35.5. The van der Waals surface area contributed by atoms with Gasteiger partial charge >= 0.3 is 0 Å². The van der Waals surface area contributed by atoms with Crippen molar-refractivity contribution >= 4 is 61.9 Å². The Bertz CT molecular complexity index is 2260. The molecular formula is C47H57ClN6O5S2. The Kier molecular flexibility index (Phi) is 15.1. The van der Waals surface area contributed by atoms with Gasteiger partial charge in [-0.25, -0.2) is 13.1 Å². The number of likely N-dealkylation sites (tertiary alicyclic amines) is 1. The van der Waals surface area contributed by atoms with Crippen molar-refractivity contribution in [2.45, 2.75) is 93.1 Å². The minimum Gasteiger partial charge on any atom is -0.376 e. The third-order valence-electron chi connectivity index (χ3n) is 12.4. The Morgan fingerprint density at radius 1 is 0.902 bits per heavy atom. The first-order valence-corrected chi connectivity index (χ1v) is 24.4. The summed E-state index contributed by atoms with van der Waals surface area (Å²) in [5.41, 5.74) is 5.24. The van der Waals surface area contributed by atoms with E-state index in [-0.39, 0.29) is 27.9 Å². The number of hydrogen-bond acceptors (Lipinski definition) is 10. The zero-order chi connectivity index (χ0) is 42.9. The van der Waals surface area contributed by atoms with E-state index in [9.17, 15) is 23.3 Å². The Morgan fingerprint density at radius 3 is 2.28 bits per heavy atom. The lowest BCUT2D eigenvalue weighted by Gasteiger charge is -2.37. The van der Waals surface area contributed by atoms with Crippen LogP contribution in [0.5, 0.6) is 0 Å². The van der Waals surface area contributed by atoms with E-state index in [2.05, 4.69) is 50.7 Å². The highest BCUT2D eigenvalue weighted by Crippen LogP contribution is 2.34. The molecule has 4 aromatic rings. The fourth-order valence-corrected chi connectivity index (χ4v) is 11.0. The normalized spacial score (nSPS) is 19.5. The van der Waals surface area contributed by atoms with E-state index in [1.807, 2.05) is 54.6 Å². The molecule has 0 radical (unpaired) electrons. The summed E-state index contributed by atoms with van der Waals surface area (Å²) in [6.07, 6.45) is 8.70. The number of benzene rings is 4. The number of nitro groups is 1. The van der Waals surface area contributed by atoms with E-state index in [4.69, 9.17) is 11.6 Å². The van der Waals surface area contributed by atoms with Gasteiger partial charge in [0.25, 0.3) is 21.6 Å². The topological polar surface area (TPSA) is 128 Å². The molecule has 4 aromatic carbocycles. The molecule has 3 atom stereocenters. The summed E-state index contributed by atoms with van der Waals surface area (Å²) in [6, 6.07) is 29.8. The van der Waals surface area contributed by atoms with Gasteiger partial charge in [-0.2, -0.15) is 0 Å². The van der Waals surface area contributed by atoms with Gasteiger partial charge in [0.15, 0.2) is 0 Å². The van der Waals surface area contributed by atoms with Crippen molar-refractivity contribution in [2.75, 3.05) is 55.2 Å². The van der Waals surface area contributed by atoms with Crippen molar-refractivity contribution in [3.63, 3.8) is 0 Å². The smallest absolute Gasteiger partial charge is 0.293 e. The van der Waals surface area contributed by atoms with Crippen LogP contribution in [0.4, 0.5) is 17.1 Å². The minimum atomic E-state index is -4.43. The number of anilines is 2. The van der Waals surface area contributed by atoms with E-state index in [0.29, 0.717) is 17.8 Å². The molecule has 2 fully saturated rings. The van der Waals surface area contributed by atoms with Gasteiger partial charge in [-0.3, -0.25) is 24.7 Å². The monoisotopic (exact) mass is 884 g/mol. The van der Waals surface area contributed by atoms with Crippen molar-refractivity contribution in [2.24, 2.45) is 0 Å². The van der Waals surface area contributed by atoms with Crippen LogP contribution in [0, 0.1) is 10.1 Å². The fourth-order valence-electron chi connectivity index (χ4n) is 8.93. The first-order chi connectivity index (χ1) is 29.4. The standard InChI is InChI=1S/C47H57ClN6O5S2/c1-34-14-15-35(2)53(34)26-8-10-40(33-60-42-11-4-3-5-12-42)49-45-25-24-43(31-46(45)54(56)57)61(58,59)50-47(55)37-18-22-41(23-19-37)52-29-27-51(28-30-52)32-38-9-6-7-13-44(38)36-16-20-39(48)21-17-36/h3-5,11-12,16-25,31,34-35,40,49H,6-10,13-15,26-30,32-33H2,1-2H3,(H,50,55)/t34-,35+,40-/m1/s1. The molecule has 0 saturated carbocycles. The molecule has 61 heavy (non-hydrogen) atoms. The van der Waals surface area contributed by atoms with Crippen molar-refractivity contribution < 1.29 is 18.1 Å². The van der Waals surface area contributed by atoms with Crippen LogP contribution in [0.1, 0.15) is 81.1 Å². The van der Waals surface area contributed by atoms with Gasteiger partial charge in [0.2, 0.25) is 0 Å². The van der Waals surface area contributed by atoms with Gasteiger partial charge < -0.3 is 10.2 Å². The molecule has 7 rings (SSSR count). The maximum absolute atomic E-state index is 13.5. The SMILES string of the molecule is C[C@@H]1CC[C@H](C)N1CCC[C@H](CSc1ccccc1)Nc1ccc(S(=O)(=O)NC(=O)c2ccc(N3CCN(CC4=C(c5ccc(Cl)cc5)CCCC4)CC3)cc2)cc1[N+](=O)[O-]. The third kappa shape index (κ3) is 11.7. The van der Waals surface area contributed by atoms with Gasteiger partial charge in [-0.05, 0) is 144 Å². The maximum atomic E-state index is 13.5. The number of nitrogens with one attached hydrogen (secondary N) is 2. The second-order valence-corrected chi connectivity index (χ2v) is 19.8. The second-order valence-electron chi connectivity index (χ2n) is 16.6. The number of carbonyl (C=O) groups is 1. The number of thioether (sulfide) groups is 1. The van der Waals surface area contributed by atoms with Crippen LogP contribution in [0.3, 0.4) is 0 Å². The lowest BCUT2D eigenvalue weighted by molar-refractivity contribution is -0.384. The van der Waals surface area contributed by atoms with E-state index in [1.54, 1.807) is 23.9 Å². The highest BCUT2D eigenvalue weighted by molar-refractivity contribution is 7.99. The summed E-state index contributed by atoms with van der Waals surface area (Å²) in [7, 11) is -4.43. The van der Waals surface area contributed by atoms with Crippen LogP contribution in [0.2, 0.25) is 5.02 Å². The van der Waals surface area contributed by atoms with Crippen LogP contribution >= 0.6 is 23.4 Å². The quantitative estimate of drug-likeness (QED) is 0.0601. The van der Waals surface area contributed by atoms with Crippen LogP contribution in [-0.2, 0) is 10.0 Å². The number of hydrogen-bond donors (Lipinski definition) is 2. The lowest BCUT2D eigenvalue weighted by atomic mass is 9.87. The Morgan fingerprint density at radius 2 is 1.59 bits per heavy atom. The number of rotatable bonds is 17. The predicted octanol–water partition coefficient (Wildman–Crippen LogP) is 9.74. The number of carbonyl (C=O) groups excluding carboxylic acids is 1. The maximum Gasteiger partial charge on any atom is 0.293 e. The largest absolute Gasteiger partial charge is 0.376 e. The third-order valence-corrected chi connectivity index (χ3v) is 15.2. The Labute approximate surface area is 370 Å². The van der Waals surface area contributed by atoms with Crippen LogP contribution in [-0.4, -0.2) is 92.2 Å². The van der Waals surface area contributed by atoms with Crippen molar-refractivity contribution in [1.82, 2.24) is 14.5 Å². The molecule has 0 unspecified atom stereocenters. The first-order valence-electron chi connectivity index (χ1n) is 21.5. The van der Waals surface area contributed by atoms with Crippen LogP contribution in [0.25, 0.3) is 5.57 Å². The highest BCUT2D eigenvalue weighted by Gasteiger charge is 2.29. The molecule has 2 N–H and O–H groups in total. The molecule has 3 aliphatic rings. The Balaban J connectivity index is 0.957. The number of amides is 1. The molecule has 11 nitrogen and oxygen atoms in total. The predicted molar refractivity (Wildman–Crippen MR) is 248 cm³/mol. The molecule has 0 spiro atoms. The number of sulfonamides is 1. The van der Waals surface area contributed by atoms with E-state index in [0.717, 1.165) is 86.6 Å². The summed E-state index contributed by atoms with van der Waals surface area (Å²) in [6.45, 7) is 9.90. The average Bonchev–Trinajstić information content (AvgIpc) is 3.59. The number of nitro benzene ring substituents is 1. The van der Waals surface area contributed by atoms with E-state index >= 15 is 0 Å². The summed E-state index contributed by atoms with van der Waals surface area (Å²) in [5, 5.41) is 16.5. The molecule has 1 aliphatic carbocycles. The second kappa shape index (κ2) is 20.6. The lowest BCUT2D eigenvalue weighted by Crippen LogP contribution is -2.47. The number of piperazine rings is 1. The van der Waals surface area contributed by atoms with Gasteiger partial charge in [-0.15, -0.1) is 11.8 Å². The molecule has 1 amide bonds. The summed E-state index contributed by atoms with van der Waals surface area (Å²) in [5.74, 6) is -0.138. The van der Waals surface area contributed by atoms with Gasteiger partial charge in [-0.1, -0.05) is 47.5 Å². The molecule has 324 valence electrons. The van der Waals surface area contributed by atoms with Crippen LogP contribution < -0.4 is 14.9 Å².